The van der Waals surface area contributed by atoms with Crippen molar-refractivity contribution < 1.29 is 14.7 Å². The van der Waals surface area contributed by atoms with Gasteiger partial charge in [0, 0.05) is 31.3 Å². The number of likely N-dealkylation sites (N-methyl/N-ethyl adjacent to an activating group) is 1. The zero-order valence-corrected chi connectivity index (χ0v) is 10.4. The van der Waals surface area contributed by atoms with Crippen LogP contribution in [0.15, 0.2) is 42.9 Å². The Balaban J connectivity index is 2.13. The fourth-order valence-electron chi connectivity index (χ4n) is 1.71. The fourth-order valence-corrected chi connectivity index (χ4v) is 1.71. The summed E-state index contributed by atoms with van der Waals surface area (Å²) in [7, 11) is 1.64. The van der Waals surface area contributed by atoms with E-state index >= 15 is 0 Å². The summed E-state index contributed by atoms with van der Waals surface area (Å²) < 4.78 is 1.41. The number of aromatic nitrogens is 2. The highest BCUT2D eigenvalue weighted by molar-refractivity contribution is 5.93. The molecule has 0 aliphatic carbocycles. The van der Waals surface area contributed by atoms with Gasteiger partial charge in [0.15, 0.2) is 0 Å². The largest absolute Gasteiger partial charge is 0.477 e. The van der Waals surface area contributed by atoms with Crippen LogP contribution in [0, 0.1) is 0 Å². The number of carbonyl (C=O) groups is 2. The third kappa shape index (κ3) is 2.79. The fraction of sp³-hybridized carbons (Fsp3) is 0.154. The van der Waals surface area contributed by atoms with E-state index in [1.54, 1.807) is 43.8 Å². The number of aromatic carboxylic acids is 1. The van der Waals surface area contributed by atoms with Crippen LogP contribution in [0.2, 0.25) is 0 Å². The number of hydrogen-bond donors (Lipinski definition) is 1. The maximum atomic E-state index is 12.1. The average molecular weight is 259 g/mol. The van der Waals surface area contributed by atoms with Crippen molar-refractivity contribution in [1.29, 1.82) is 0 Å². The Morgan fingerprint density at radius 3 is 2.63 bits per heavy atom. The number of anilines is 1. The molecule has 0 aromatic carbocycles. The molecule has 2 heterocycles. The molecule has 2 rings (SSSR count). The van der Waals surface area contributed by atoms with Crippen molar-refractivity contribution in [1.82, 2.24) is 9.55 Å². The molecule has 0 aliphatic heterocycles. The lowest BCUT2D eigenvalue weighted by atomic mass is 10.3. The van der Waals surface area contributed by atoms with Gasteiger partial charge in [-0.2, -0.15) is 0 Å². The van der Waals surface area contributed by atoms with E-state index in [0.717, 1.165) is 0 Å². The molecule has 2 aromatic rings. The number of amides is 1. The molecule has 0 radical (unpaired) electrons. The Labute approximate surface area is 109 Å². The van der Waals surface area contributed by atoms with Gasteiger partial charge in [0.1, 0.15) is 12.2 Å². The second-order valence-corrected chi connectivity index (χ2v) is 3.98. The molecule has 2 aromatic heterocycles. The molecule has 1 amide bonds. The molecule has 0 atom stereocenters. The Hall–Kier alpha value is -2.63. The Morgan fingerprint density at radius 1 is 1.32 bits per heavy atom. The van der Waals surface area contributed by atoms with E-state index in [1.807, 2.05) is 0 Å². The minimum absolute atomic E-state index is 0.0204. The van der Waals surface area contributed by atoms with Gasteiger partial charge in [0.25, 0.3) is 0 Å². The normalized spacial score (nSPS) is 10.2. The smallest absolute Gasteiger partial charge is 0.352 e. The van der Waals surface area contributed by atoms with E-state index < -0.39 is 5.97 Å². The van der Waals surface area contributed by atoms with Crippen LogP contribution in [0.3, 0.4) is 0 Å². The number of carboxylic acid groups (broad SMARTS) is 1. The van der Waals surface area contributed by atoms with Gasteiger partial charge in [-0.25, -0.2) is 4.79 Å². The van der Waals surface area contributed by atoms with Gasteiger partial charge in [-0.3, -0.25) is 9.78 Å². The second-order valence-electron chi connectivity index (χ2n) is 3.98. The summed E-state index contributed by atoms with van der Waals surface area (Å²) in [6, 6.07) is 6.49. The highest BCUT2D eigenvalue weighted by atomic mass is 16.4. The quantitative estimate of drug-likeness (QED) is 0.896. The lowest BCUT2D eigenvalue weighted by molar-refractivity contribution is -0.118. The number of nitrogens with zero attached hydrogens (tertiary/aromatic N) is 3. The van der Waals surface area contributed by atoms with Crippen LogP contribution in [0.4, 0.5) is 5.69 Å². The van der Waals surface area contributed by atoms with Crippen molar-refractivity contribution in [2.45, 2.75) is 6.54 Å². The SMILES string of the molecule is CN(C(=O)Cn1cccc1C(=O)O)c1ccncc1. The van der Waals surface area contributed by atoms with E-state index in [1.165, 1.54) is 15.5 Å². The molecule has 0 spiro atoms. The van der Waals surface area contributed by atoms with Crippen molar-refractivity contribution in [3.8, 4) is 0 Å². The van der Waals surface area contributed by atoms with Crippen molar-refractivity contribution in [2.75, 3.05) is 11.9 Å². The van der Waals surface area contributed by atoms with E-state index in [9.17, 15) is 9.59 Å². The van der Waals surface area contributed by atoms with Crippen molar-refractivity contribution in [3.63, 3.8) is 0 Å². The van der Waals surface area contributed by atoms with Gasteiger partial charge in [-0.1, -0.05) is 0 Å². The Bertz CT molecular complexity index is 592. The van der Waals surface area contributed by atoms with Gasteiger partial charge in [0.05, 0.1) is 0 Å². The van der Waals surface area contributed by atoms with Crippen LogP contribution in [-0.4, -0.2) is 33.6 Å². The summed E-state index contributed by atoms with van der Waals surface area (Å²) in [6.45, 7) is -0.0204. The predicted octanol–water partition coefficient (Wildman–Crippen LogP) is 1.24. The molecule has 98 valence electrons. The number of hydrogen-bond acceptors (Lipinski definition) is 3. The predicted molar refractivity (Wildman–Crippen MR) is 69.0 cm³/mol. The number of carboxylic acids is 1. The molecule has 0 bridgehead atoms. The van der Waals surface area contributed by atoms with Crippen LogP contribution in [0.5, 0.6) is 0 Å². The first kappa shape index (κ1) is 12.8. The zero-order chi connectivity index (χ0) is 13.8. The zero-order valence-electron chi connectivity index (χ0n) is 10.4. The molecule has 0 aliphatic rings. The lowest BCUT2D eigenvalue weighted by Crippen LogP contribution is -2.30. The van der Waals surface area contributed by atoms with E-state index in [0.29, 0.717) is 5.69 Å². The van der Waals surface area contributed by atoms with E-state index in [4.69, 9.17) is 5.11 Å². The van der Waals surface area contributed by atoms with E-state index in [-0.39, 0.29) is 18.1 Å². The maximum Gasteiger partial charge on any atom is 0.352 e. The van der Waals surface area contributed by atoms with Crippen molar-refractivity contribution >= 4 is 17.6 Å². The van der Waals surface area contributed by atoms with Gasteiger partial charge in [0.2, 0.25) is 5.91 Å². The van der Waals surface area contributed by atoms with Gasteiger partial charge in [-0.05, 0) is 24.3 Å². The topological polar surface area (TPSA) is 75.4 Å². The van der Waals surface area contributed by atoms with Crippen LogP contribution >= 0.6 is 0 Å². The first-order valence-corrected chi connectivity index (χ1v) is 5.64. The number of carbonyl (C=O) groups excluding carboxylic acids is 1. The maximum absolute atomic E-state index is 12.1. The average Bonchev–Trinajstić information content (AvgIpc) is 2.87. The third-order valence-corrected chi connectivity index (χ3v) is 2.78. The van der Waals surface area contributed by atoms with Crippen molar-refractivity contribution in [3.05, 3.63) is 48.5 Å². The Kier molecular flexibility index (Phi) is 3.61. The number of rotatable bonds is 4. The molecule has 19 heavy (non-hydrogen) atoms. The molecular weight excluding hydrogens is 246 g/mol. The summed E-state index contributed by atoms with van der Waals surface area (Å²) in [5, 5.41) is 8.97. The molecule has 0 saturated carbocycles. The minimum atomic E-state index is -1.05. The number of pyridine rings is 1. The van der Waals surface area contributed by atoms with Crippen molar-refractivity contribution in [2.24, 2.45) is 0 Å². The molecular formula is C13H13N3O3. The Morgan fingerprint density at radius 2 is 2.00 bits per heavy atom. The molecule has 6 nitrogen and oxygen atoms in total. The molecule has 0 fully saturated rings. The highest BCUT2D eigenvalue weighted by Crippen LogP contribution is 2.11. The van der Waals surface area contributed by atoms with Gasteiger partial charge >= 0.3 is 5.97 Å². The molecule has 6 heteroatoms. The van der Waals surface area contributed by atoms with Gasteiger partial charge < -0.3 is 14.6 Å². The van der Waals surface area contributed by atoms with E-state index in [2.05, 4.69) is 4.98 Å². The lowest BCUT2D eigenvalue weighted by Gasteiger charge is -2.17. The second kappa shape index (κ2) is 5.34. The summed E-state index contributed by atoms with van der Waals surface area (Å²) in [5.41, 5.74) is 0.806. The van der Waals surface area contributed by atoms with Crippen LogP contribution in [-0.2, 0) is 11.3 Å². The minimum Gasteiger partial charge on any atom is -0.477 e. The summed E-state index contributed by atoms with van der Waals surface area (Å²) in [4.78, 5) is 28.4. The molecule has 0 saturated heterocycles. The standard InChI is InChI=1S/C13H13N3O3/c1-15(10-4-6-14-7-5-10)12(17)9-16-8-2-3-11(16)13(18)19/h2-8H,9H2,1H3,(H,18,19). The van der Waals surface area contributed by atoms with Gasteiger partial charge in [-0.15, -0.1) is 0 Å². The van der Waals surface area contributed by atoms with Crippen LogP contribution in [0.25, 0.3) is 0 Å². The third-order valence-electron chi connectivity index (χ3n) is 2.78. The first-order chi connectivity index (χ1) is 9.09. The highest BCUT2D eigenvalue weighted by Gasteiger charge is 2.15. The summed E-state index contributed by atoms with van der Waals surface area (Å²) >= 11 is 0. The molecule has 1 N–H and O–H groups in total. The summed E-state index contributed by atoms with van der Waals surface area (Å²) in [6.07, 6.45) is 4.76. The molecule has 0 unspecified atom stereocenters. The monoisotopic (exact) mass is 259 g/mol. The van der Waals surface area contributed by atoms with Crippen LogP contribution < -0.4 is 4.90 Å². The van der Waals surface area contributed by atoms with Crippen LogP contribution in [0.1, 0.15) is 10.5 Å². The summed E-state index contributed by atoms with van der Waals surface area (Å²) in [5.74, 6) is -1.26. The first-order valence-electron chi connectivity index (χ1n) is 5.64.